The van der Waals surface area contributed by atoms with Crippen molar-refractivity contribution in [3.8, 4) is 17.2 Å². The number of hydrogen-bond donors (Lipinski definition) is 0. The Labute approximate surface area is 240 Å². The van der Waals surface area contributed by atoms with Crippen molar-refractivity contribution in [3.05, 3.63) is 89.2 Å². The third-order valence-corrected chi connectivity index (χ3v) is 7.86. The zero-order valence-electron chi connectivity index (χ0n) is 18.5. The van der Waals surface area contributed by atoms with Crippen molar-refractivity contribution in [1.29, 1.82) is 0 Å². The molecule has 12 heteroatoms. The number of thioether (sulfide) groups is 1. The molecule has 0 bridgehead atoms. The molecule has 5 rings (SSSR count). The number of nitrogens with zero attached hydrogens (tertiary/aromatic N) is 1. The van der Waals surface area contributed by atoms with E-state index < -0.39 is 11.1 Å². The van der Waals surface area contributed by atoms with E-state index in [9.17, 15) is 9.59 Å². The Bertz CT molecular complexity index is 1460. The minimum absolute atomic E-state index is 0.0149. The predicted octanol–water partition coefficient (Wildman–Crippen LogP) is 8.50. The topological polar surface area (TPSA) is 65.1 Å². The largest absolute Gasteiger partial charge is 0.486 e. The number of carbonyl (C=O) groups is 2. The van der Waals surface area contributed by atoms with Crippen LogP contribution in [0.25, 0.3) is 6.08 Å². The maximum Gasteiger partial charge on any atom is 0.293 e. The van der Waals surface area contributed by atoms with Crippen LogP contribution in [0.1, 0.15) is 16.7 Å². The summed E-state index contributed by atoms with van der Waals surface area (Å²) in [4.78, 5) is 27.0. The Balaban J connectivity index is 1.32. The Morgan fingerprint density at radius 3 is 2.24 bits per heavy atom. The molecule has 1 fully saturated rings. The maximum atomic E-state index is 13.0. The highest BCUT2D eigenvalue weighted by molar-refractivity contribution is 8.18. The van der Waals surface area contributed by atoms with Gasteiger partial charge in [0.1, 0.15) is 6.61 Å². The van der Waals surface area contributed by atoms with Gasteiger partial charge >= 0.3 is 0 Å². The van der Waals surface area contributed by atoms with Gasteiger partial charge in [0.25, 0.3) is 11.1 Å². The van der Waals surface area contributed by atoms with Crippen molar-refractivity contribution < 1.29 is 23.8 Å². The fraction of sp³-hybridized carbons (Fsp3) is 0.120. The number of halogens is 5. The highest BCUT2D eigenvalue weighted by Crippen LogP contribution is 2.41. The van der Waals surface area contributed by atoms with Gasteiger partial charge in [-0.15, -0.1) is 0 Å². The molecule has 0 aliphatic carbocycles. The van der Waals surface area contributed by atoms with Crippen molar-refractivity contribution in [3.63, 3.8) is 0 Å². The van der Waals surface area contributed by atoms with Crippen LogP contribution in [-0.2, 0) is 17.9 Å². The molecule has 6 nitrogen and oxygen atoms in total. The molecule has 0 unspecified atom stereocenters. The van der Waals surface area contributed by atoms with Crippen LogP contribution in [0.2, 0.25) is 25.1 Å². The van der Waals surface area contributed by atoms with Gasteiger partial charge in [-0.2, -0.15) is 0 Å². The van der Waals surface area contributed by atoms with Gasteiger partial charge in [0.15, 0.2) is 17.2 Å². The molecule has 2 aliphatic rings. The minimum atomic E-state index is -0.464. The number of amides is 2. The molecule has 2 heterocycles. The number of carbonyl (C=O) groups excluding carboxylic acids is 2. The molecule has 0 aromatic heterocycles. The first kappa shape index (κ1) is 26.4. The summed E-state index contributed by atoms with van der Waals surface area (Å²) in [5.74, 6) is 0.817. The third-order valence-electron chi connectivity index (χ3n) is 5.45. The van der Waals surface area contributed by atoms with Crippen LogP contribution in [0.3, 0.4) is 0 Å². The lowest BCUT2D eigenvalue weighted by Crippen LogP contribution is -2.27. The normalized spacial score (nSPS) is 15.7. The maximum absolute atomic E-state index is 13.0. The van der Waals surface area contributed by atoms with Crippen molar-refractivity contribution in [2.45, 2.75) is 13.2 Å². The molecule has 0 spiro atoms. The Kier molecular flexibility index (Phi) is 7.73. The molecular formula is C25H14Cl5NO5S. The zero-order chi connectivity index (χ0) is 26.3. The first-order valence-corrected chi connectivity index (χ1v) is 13.3. The van der Waals surface area contributed by atoms with Crippen LogP contribution in [0.4, 0.5) is 4.79 Å². The second-order valence-electron chi connectivity index (χ2n) is 7.90. The smallest absolute Gasteiger partial charge is 0.293 e. The van der Waals surface area contributed by atoms with Gasteiger partial charge < -0.3 is 14.2 Å². The van der Waals surface area contributed by atoms with Gasteiger partial charge in [-0.25, -0.2) is 0 Å². The van der Waals surface area contributed by atoms with Crippen molar-refractivity contribution in [2.75, 3.05) is 6.79 Å². The summed E-state index contributed by atoms with van der Waals surface area (Å²) >= 11 is 32.1. The van der Waals surface area contributed by atoms with E-state index in [-0.39, 0.29) is 40.6 Å². The van der Waals surface area contributed by atoms with Crippen LogP contribution in [0.15, 0.2) is 47.4 Å². The Hall–Kier alpha value is -2.26. The van der Waals surface area contributed by atoms with Crippen molar-refractivity contribution in [1.82, 2.24) is 4.90 Å². The standard InChI is InChI=1S/C25H14Cl5NO5S/c26-15-2-1-13(16(27)7-15)10-34-23-18(29)3-12(4-19(23)30)5-22-24(32)31(25(33)37-22)9-14-6-20-21(8-17(14)28)36-11-35-20/h1-8H,9-11H2/b22-5-. The lowest BCUT2D eigenvalue weighted by Gasteiger charge is -2.14. The van der Waals surface area contributed by atoms with Gasteiger partial charge in [0.2, 0.25) is 6.79 Å². The average Bonchev–Trinajstić information content (AvgIpc) is 3.39. The van der Waals surface area contributed by atoms with E-state index >= 15 is 0 Å². The van der Waals surface area contributed by atoms with Gasteiger partial charge in [0.05, 0.1) is 21.5 Å². The van der Waals surface area contributed by atoms with E-state index in [1.54, 1.807) is 48.5 Å². The van der Waals surface area contributed by atoms with E-state index in [2.05, 4.69) is 0 Å². The van der Waals surface area contributed by atoms with Crippen LogP contribution in [0.5, 0.6) is 17.2 Å². The van der Waals surface area contributed by atoms with Gasteiger partial charge in [-0.3, -0.25) is 14.5 Å². The summed E-state index contributed by atoms with van der Waals surface area (Å²) in [6.45, 7) is 0.193. The molecule has 2 amide bonds. The number of imide groups is 1. The Morgan fingerprint density at radius 2 is 1.54 bits per heavy atom. The number of hydrogen-bond acceptors (Lipinski definition) is 6. The second-order valence-corrected chi connectivity index (χ2v) is 11.0. The van der Waals surface area contributed by atoms with Crippen LogP contribution < -0.4 is 14.2 Å². The molecule has 0 atom stereocenters. The summed E-state index contributed by atoms with van der Waals surface area (Å²) in [5.41, 5.74) is 1.79. The van der Waals surface area contributed by atoms with Crippen molar-refractivity contribution in [2.24, 2.45) is 0 Å². The first-order chi connectivity index (χ1) is 17.7. The molecule has 0 N–H and O–H groups in total. The summed E-state index contributed by atoms with van der Waals surface area (Å²) in [6.07, 6.45) is 1.55. The monoisotopic (exact) mass is 615 g/mol. The summed E-state index contributed by atoms with van der Waals surface area (Å²) in [6, 6.07) is 11.5. The van der Waals surface area contributed by atoms with Crippen LogP contribution in [-0.4, -0.2) is 22.8 Å². The highest BCUT2D eigenvalue weighted by Gasteiger charge is 2.36. The SMILES string of the molecule is O=C1S/C(=C\c2cc(Cl)c(OCc3ccc(Cl)cc3Cl)c(Cl)c2)C(=O)N1Cc1cc2c(cc1Cl)OCO2. The van der Waals surface area contributed by atoms with Gasteiger partial charge in [0, 0.05) is 26.7 Å². The molecule has 0 saturated carbocycles. The van der Waals surface area contributed by atoms with E-state index in [0.29, 0.717) is 43.3 Å². The first-order valence-electron chi connectivity index (χ1n) is 10.6. The fourth-order valence-corrected chi connectivity index (χ4v) is 5.76. The van der Waals surface area contributed by atoms with Gasteiger partial charge in [-0.1, -0.05) is 64.1 Å². The molecular weight excluding hydrogens is 604 g/mol. The summed E-state index contributed by atoms with van der Waals surface area (Å²) in [5, 5.41) is 1.36. The van der Waals surface area contributed by atoms with E-state index in [1.165, 1.54) is 0 Å². The number of fused-ring (bicyclic) bond motifs is 1. The lowest BCUT2D eigenvalue weighted by molar-refractivity contribution is -0.123. The fourth-order valence-electron chi connectivity index (χ4n) is 3.63. The molecule has 3 aromatic carbocycles. The molecule has 1 saturated heterocycles. The van der Waals surface area contributed by atoms with E-state index in [1.807, 2.05) is 0 Å². The quantitative estimate of drug-likeness (QED) is 0.259. The highest BCUT2D eigenvalue weighted by atomic mass is 35.5. The minimum Gasteiger partial charge on any atom is -0.486 e. The second kappa shape index (κ2) is 10.8. The van der Waals surface area contributed by atoms with E-state index in [0.717, 1.165) is 16.7 Å². The summed E-state index contributed by atoms with van der Waals surface area (Å²) in [7, 11) is 0. The van der Waals surface area contributed by atoms with Crippen LogP contribution >= 0.6 is 69.8 Å². The Morgan fingerprint density at radius 1 is 0.865 bits per heavy atom. The van der Waals surface area contributed by atoms with Crippen LogP contribution in [0, 0.1) is 0 Å². The molecule has 2 aliphatic heterocycles. The van der Waals surface area contributed by atoms with E-state index in [4.69, 9.17) is 72.2 Å². The predicted molar refractivity (Wildman–Crippen MR) is 146 cm³/mol. The zero-order valence-corrected chi connectivity index (χ0v) is 23.1. The van der Waals surface area contributed by atoms with Gasteiger partial charge in [-0.05, 0) is 59.3 Å². The lowest BCUT2D eigenvalue weighted by atomic mass is 10.1. The third kappa shape index (κ3) is 5.62. The number of rotatable bonds is 6. The number of ether oxygens (including phenoxy) is 3. The molecule has 190 valence electrons. The number of benzene rings is 3. The molecule has 0 radical (unpaired) electrons. The molecule has 3 aromatic rings. The average molecular weight is 618 g/mol. The summed E-state index contributed by atoms with van der Waals surface area (Å²) < 4.78 is 16.4. The van der Waals surface area contributed by atoms with Crippen molar-refractivity contribution >= 4 is 87.0 Å². The molecule has 37 heavy (non-hydrogen) atoms.